The van der Waals surface area contributed by atoms with Crippen molar-refractivity contribution in [1.82, 2.24) is 0 Å². The van der Waals surface area contributed by atoms with Gasteiger partial charge < -0.3 is 20.5 Å². The topological polar surface area (TPSA) is 108 Å². The summed E-state index contributed by atoms with van der Waals surface area (Å²) in [6.45, 7) is -0.446. The number of hydrogen-bond acceptors (Lipinski definition) is 5. The van der Waals surface area contributed by atoms with Crippen molar-refractivity contribution >= 4 is 23.5 Å². The van der Waals surface area contributed by atoms with Gasteiger partial charge in [0, 0.05) is 11.3 Å². The summed E-state index contributed by atoms with van der Waals surface area (Å²) < 4.78 is 10.7. The summed E-state index contributed by atoms with van der Waals surface area (Å²) in [6.07, 6.45) is 0. The molecular formula is C22H18N2O5. The lowest BCUT2D eigenvalue weighted by Gasteiger charge is -2.08. The van der Waals surface area contributed by atoms with Crippen molar-refractivity contribution in [3.63, 3.8) is 0 Å². The molecule has 0 aliphatic rings. The highest BCUT2D eigenvalue weighted by molar-refractivity contribution is 5.96. The molecule has 0 unspecified atom stereocenters. The first-order valence-electron chi connectivity index (χ1n) is 8.71. The van der Waals surface area contributed by atoms with Crippen LogP contribution in [0, 0.1) is 0 Å². The van der Waals surface area contributed by atoms with Crippen molar-refractivity contribution in [2.75, 3.05) is 11.9 Å². The molecule has 146 valence electrons. The van der Waals surface area contributed by atoms with Crippen LogP contribution in [0.5, 0.6) is 11.5 Å². The summed E-state index contributed by atoms with van der Waals surface area (Å²) in [5.41, 5.74) is 6.24. The van der Waals surface area contributed by atoms with Crippen molar-refractivity contribution in [2.45, 2.75) is 0 Å². The maximum absolute atomic E-state index is 12.1. The molecule has 0 heterocycles. The number of ether oxygens (including phenoxy) is 2. The lowest BCUT2D eigenvalue weighted by molar-refractivity contribution is -0.119. The Labute approximate surface area is 167 Å². The van der Waals surface area contributed by atoms with Crippen LogP contribution in [0.3, 0.4) is 0 Å². The van der Waals surface area contributed by atoms with Gasteiger partial charge in [-0.3, -0.25) is 9.59 Å². The predicted octanol–water partition coefficient (Wildman–Crippen LogP) is 3.37. The lowest BCUT2D eigenvalue weighted by Crippen LogP contribution is -2.21. The second-order valence-corrected chi connectivity index (χ2v) is 6.01. The normalized spacial score (nSPS) is 10.1. The standard InChI is InChI=1S/C22H18N2O5/c23-21(26)15-6-10-17(11-7-15)24-20(25)14-28-22(27)16-8-12-19(13-9-16)29-18-4-2-1-3-5-18/h1-13H,14H2,(H2,23,26)(H,24,25). The number of para-hydroxylation sites is 1. The molecule has 29 heavy (non-hydrogen) atoms. The summed E-state index contributed by atoms with van der Waals surface area (Å²) in [4.78, 5) is 35.0. The highest BCUT2D eigenvalue weighted by atomic mass is 16.5. The second-order valence-electron chi connectivity index (χ2n) is 6.01. The summed E-state index contributed by atoms with van der Waals surface area (Å²) in [6, 6.07) is 21.7. The Balaban J connectivity index is 1.49. The van der Waals surface area contributed by atoms with Crippen LogP contribution in [-0.2, 0) is 9.53 Å². The van der Waals surface area contributed by atoms with Gasteiger partial charge in [-0.05, 0) is 60.7 Å². The number of benzene rings is 3. The van der Waals surface area contributed by atoms with E-state index in [4.69, 9.17) is 15.2 Å². The zero-order valence-corrected chi connectivity index (χ0v) is 15.3. The second kappa shape index (κ2) is 9.18. The van der Waals surface area contributed by atoms with Crippen LogP contribution in [0.4, 0.5) is 5.69 Å². The van der Waals surface area contributed by atoms with Gasteiger partial charge in [-0.1, -0.05) is 18.2 Å². The van der Waals surface area contributed by atoms with Gasteiger partial charge in [0.1, 0.15) is 11.5 Å². The molecule has 0 aromatic heterocycles. The Kier molecular flexibility index (Phi) is 6.22. The van der Waals surface area contributed by atoms with Gasteiger partial charge in [0.05, 0.1) is 5.56 Å². The first-order valence-corrected chi connectivity index (χ1v) is 8.71. The molecule has 0 atom stereocenters. The van der Waals surface area contributed by atoms with Crippen molar-refractivity contribution in [1.29, 1.82) is 0 Å². The van der Waals surface area contributed by atoms with Crippen LogP contribution in [0.25, 0.3) is 0 Å². The molecule has 0 saturated heterocycles. The summed E-state index contributed by atoms with van der Waals surface area (Å²) in [5.74, 6) is -0.435. The zero-order valence-electron chi connectivity index (χ0n) is 15.3. The largest absolute Gasteiger partial charge is 0.457 e. The van der Waals surface area contributed by atoms with Crippen LogP contribution in [0.2, 0.25) is 0 Å². The molecule has 0 bridgehead atoms. The number of nitrogens with one attached hydrogen (secondary N) is 1. The molecule has 7 nitrogen and oxygen atoms in total. The van der Waals surface area contributed by atoms with E-state index >= 15 is 0 Å². The van der Waals surface area contributed by atoms with Gasteiger partial charge in [-0.25, -0.2) is 4.79 Å². The van der Waals surface area contributed by atoms with E-state index < -0.39 is 24.4 Å². The fraction of sp³-hybridized carbons (Fsp3) is 0.0455. The molecule has 3 aromatic rings. The van der Waals surface area contributed by atoms with Crippen LogP contribution < -0.4 is 15.8 Å². The SMILES string of the molecule is NC(=O)c1ccc(NC(=O)COC(=O)c2ccc(Oc3ccccc3)cc2)cc1. The van der Waals surface area contributed by atoms with Crippen molar-refractivity contribution in [3.8, 4) is 11.5 Å². The summed E-state index contributed by atoms with van der Waals surface area (Å²) in [5, 5.41) is 2.56. The average molecular weight is 390 g/mol. The van der Waals surface area contributed by atoms with Gasteiger partial charge in [0.15, 0.2) is 6.61 Å². The number of hydrogen-bond donors (Lipinski definition) is 2. The highest BCUT2D eigenvalue weighted by Gasteiger charge is 2.11. The third kappa shape index (κ3) is 5.67. The summed E-state index contributed by atoms with van der Waals surface area (Å²) >= 11 is 0. The molecule has 7 heteroatoms. The van der Waals surface area contributed by atoms with Crippen LogP contribution >= 0.6 is 0 Å². The Hall–Kier alpha value is -4.13. The number of nitrogens with two attached hydrogens (primary N) is 1. The quantitative estimate of drug-likeness (QED) is 0.602. The van der Waals surface area contributed by atoms with Crippen LogP contribution in [0.1, 0.15) is 20.7 Å². The molecule has 0 fully saturated rings. The Bertz CT molecular complexity index is 1000. The molecule has 0 radical (unpaired) electrons. The maximum Gasteiger partial charge on any atom is 0.338 e. The first kappa shape index (κ1) is 19.6. The number of anilines is 1. The van der Waals surface area contributed by atoms with Crippen LogP contribution in [0.15, 0.2) is 78.9 Å². The number of rotatable bonds is 7. The maximum atomic E-state index is 12.1. The summed E-state index contributed by atoms with van der Waals surface area (Å²) in [7, 11) is 0. The van der Waals surface area contributed by atoms with Gasteiger partial charge in [-0.15, -0.1) is 0 Å². The predicted molar refractivity (Wildman–Crippen MR) is 107 cm³/mol. The van der Waals surface area contributed by atoms with Gasteiger partial charge in [-0.2, -0.15) is 0 Å². The molecular weight excluding hydrogens is 372 g/mol. The minimum atomic E-state index is -0.629. The number of esters is 1. The molecule has 3 N–H and O–H groups in total. The van der Waals surface area contributed by atoms with E-state index in [2.05, 4.69) is 5.32 Å². The Morgan fingerprint density at radius 3 is 1.97 bits per heavy atom. The smallest absolute Gasteiger partial charge is 0.338 e. The van der Waals surface area contributed by atoms with Gasteiger partial charge in [0.2, 0.25) is 5.91 Å². The van der Waals surface area contributed by atoms with E-state index in [9.17, 15) is 14.4 Å². The number of carbonyl (C=O) groups is 3. The zero-order chi connectivity index (χ0) is 20.6. The monoisotopic (exact) mass is 390 g/mol. The minimum Gasteiger partial charge on any atom is -0.457 e. The Morgan fingerprint density at radius 2 is 1.34 bits per heavy atom. The molecule has 0 spiro atoms. The fourth-order valence-corrected chi connectivity index (χ4v) is 2.41. The van der Waals surface area contributed by atoms with E-state index in [1.807, 2.05) is 30.3 Å². The number of carbonyl (C=O) groups excluding carboxylic acids is 3. The molecule has 0 aliphatic heterocycles. The fourth-order valence-electron chi connectivity index (χ4n) is 2.41. The third-order valence-electron chi connectivity index (χ3n) is 3.86. The lowest BCUT2D eigenvalue weighted by atomic mass is 10.2. The van der Waals surface area contributed by atoms with E-state index in [0.717, 1.165) is 0 Å². The molecule has 3 aromatic carbocycles. The van der Waals surface area contributed by atoms with Gasteiger partial charge in [0.25, 0.3) is 5.91 Å². The highest BCUT2D eigenvalue weighted by Crippen LogP contribution is 2.21. The van der Waals surface area contributed by atoms with Crippen molar-refractivity contribution in [2.24, 2.45) is 5.73 Å². The number of primary amides is 1. The minimum absolute atomic E-state index is 0.295. The third-order valence-corrected chi connectivity index (χ3v) is 3.86. The molecule has 0 saturated carbocycles. The molecule has 2 amide bonds. The van der Waals surface area contributed by atoms with E-state index in [-0.39, 0.29) is 0 Å². The van der Waals surface area contributed by atoms with Crippen molar-refractivity contribution in [3.05, 3.63) is 90.0 Å². The van der Waals surface area contributed by atoms with E-state index in [1.165, 1.54) is 24.3 Å². The number of amides is 2. The Morgan fingerprint density at radius 1 is 0.759 bits per heavy atom. The average Bonchev–Trinajstić information content (AvgIpc) is 2.74. The first-order chi connectivity index (χ1) is 14.0. The van der Waals surface area contributed by atoms with E-state index in [1.54, 1.807) is 24.3 Å². The molecule has 3 rings (SSSR count). The van der Waals surface area contributed by atoms with E-state index in [0.29, 0.717) is 28.3 Å². The van der Waals surface area contributed by atoms with Crippen LogP contribution in [-0.4, -0.2) is 24.4 Å². The van der Waals surface area contributed by atoms with Gasteiger partial charge >= 0.3 is 5.97 Å². The molecule has 0 aliphatic carbocycles. The van der Waals surface area contributed by atoms with Crippen molar-refractivity contribution < 1.29 is 23.9 Å².